The SMILES string of the molecule is CCN(Cc1csc(N(CC)C(C)=O)n1)CC(C)(C)CN. The van der Waals surface area contributed by atoms with Crippen LogP contribution in [0.5, 0.6) is 0 Å². The molecular weight excluding hydrogens is 284 g/mol. The number of carbonyl (C=O) groups excluding carboxylic acids is 1. The molecule has 0 aliphatic carbocycles. The maximum absolute atomic E-state index is 11.6. The molecule has 1 amide bonds. The maximum atomic E-state index is 11.6. The zero-order valence-electron chi connectivity index (χ0n) is 13.8. The van der Waals surface area contributed by atoms with E-state index in [4.69, 9.17) is 5.73 Å². The van der Waals surface area contributed by atoms with Crippen molar-refractivity contribution in [2.75, 3.05) is 31.1 Å². The van der Waals surface area contributed by atoms with Gasteiger partial charge in [0.15, 0.2) is 5.13 Å². The Morgan fingerprint density at radius 1 is 1.38 bits per heavy atom. The minimum absolute atomic E-state index is 0.0370. The number of nitrogens with two attached hydrogens (primary N) is 1. The lowest BCUT2D eigenvalue weighted by Gasteiger charge is -2.30. The van der Waals surface area contributed by atoms with Gasteiger partial charge in [0.1, 0.15) is 0 Å². The Labute approximate surface area is 132 Å². The van der Waals surface area contributed by atoms with E-state index in [0.717, 1.165) is 30.5 Å². The van der Waals surface area contributed by atoms with Crippen LogP contribution in [-0.2, 0) is 11.3 Å². The zero-order chi connectivity index (χ0) is 16.0. The van der Waals surface area contributed by atoms with Gasteiger partial charge in [-0.3, -0.25) is 14.6 Å². The molecule has 0 saturated carbocycles. The molecule has 1 aromatic rings. The van der Waals surface area contributed by atoms with Crippen LogP contribution in [0.3, 0.4) is 0 Å². The highest BCUT2D eigenvalue weighted by Gasteiger charge is 2.20. The van der Waals surface area contributed by atoms with Crippen molar-refractivity contribution in [3.05, 3.63) is 11.1 Å². The quantitative estimate of drug-likeness (QED) is 0.800. The molecule has 0 saturated heterocycles. The van der Waals surface area contributed by atoms with E-state index in [1.165, 1.54) is 11.3 Å². The van der Waals surface area contributed by atoms with Crippen LogP contribution in [0.1, 0.15) is 40.3 Å². The van der Waals surface area contributed by atoms with E-state index in [1.54, 1.807) is 11.8 Å². The Bertz CT molecular complexity index is 458. The lowest BCUT2D eigenvalue weighted by molar-refractivity contribution is -0.116. The summed E-state index contributed by atoms with van der Waals surface area (Å²) in [5.74, 6) is 0.0370. The van der Waals surface area contributed by atoms with E-state index >= 15 is 0 Å². The van der Waals surface area contributed by atoms with Gasteiger partial charge in [0, 0.05) is 31.9 Å². The van der Waals surface area contributed by atoms with Crippen LogP contribution in [0.2, 0.25) is 0 Å². The summed E-state index contributed by atoms with van der Waals surface area (Å²) in [6.45, 7) is 14.1. The Kier molecular flexibility index (Phi) is 6.77. The largest absolute Gasteiger partial charge is 0.330 e. The van der Waals surface area contributed by atoms with Crippen molar-refractivity contribution in [2.45, 2.75) is 41.2 Å². The molecule has 5 nitrogen and oxygen atoms in total. The van der Waals surface area contributed by atoms with E-state index in [1.807, 2.05) is 12.3 Å². The van der Waals surface area contributed by atoms with Gasteiger partial charge in [0.2, 0.25) is 5.91 Å². The van der Waals surface area contributed by atoms with Crippen LogP contribution in [0.25, 0.3) is 0 Å². The first kappa shape index (κ1) is 18.1. The molecule has 0 bridgehead atoms. The fourth-order valence-electron chi connectivity index (χ4n) is 2.16. The average Bonchev–Trinajstić information content (AvgIpc) is 2.86. The van der Waals surface area contributed by atoms with Crippen LogP contribution < -0.4 is 10.6 Å². The minimum atomic E-state index is 0.0370. The predicted molar refractivity (Wildman–Crippen MR) is 89.6 cm³/mol. The summed E-state index contributed by atoms with van der Waals surface area (Å²) in [6, 6.07) is 0. The number of carbonyl (C=O) groups is 1. The normalized spacial score (nSPS) is 12.0. The number of aromatic nitrogens is 1. The molecule has 0 spiro atoms. The molecular formula is C15H28N4OS. The maximum Gasteiger partial charge on any atom is 0.225 e. The smallest absolute Gasteiger partial charge is 0.225 e. The van der Waals surface area contributed by atoms with Crippen molar-refractivity contribution in [3.8, 4) is 0 Å². The summed E-state index contributed by atoms with van der Waals surface area (Å²) in [5, 5.41) is 2.83. The zero-order valence-corrected chi connectivity index (χ0v) is 14.7. The Morgan fingerprint density at radius 3 is 2.52 bits per heavy atom. The second kappa shape index (κ2) is 7.87. The third kappa shape index (κ3) is 5.37. The third-order valence-electron chi connectivity index (χ3n) is 3.50. The molecule has 1 heterocycles. The molecule has 0 atom stereocenters. The van der Waals surface area contributed by atoms with Crippen molar-refractivity contribution in [1.82, 2.24) is 9.88 Å². The number of nitrogens with zero attached hydrogens (tertiary/aromatic N) is 3. The fourth-order valence-corrected chi connectivity index (χ4v) is 3.09. The highest BCUT2D eigenvalue weighted by atomic mass is 32.1. The molecule has 120 valence electrons. The van der Waals surface area contributed by atoms with E-state index in [9.17, 15) is 4.79 Å². The number of anilines is 1. The Balaban J connectivity index is 2.74. The molecule has 0 aliphatic heterocycles. The molecule has 1 aromatic heterocycles. The van der Waals surface area contributed by atoms with Crippen molar-refractivity contribution < 1.29 is 4.79 Å². The Hall–Kier alpha value is -0.980. The lowest BCUT2D eigenvalue weighted by Crippen LogP contribution is -2.38. The van der Waals surface area contributed by atoms with E-state index in [-0.39, 0.29) is 11.3 Å². The number of amides is 1. The monoisotopic (exact) mass is 312 g/mol. The van der Waals surface area contributed by atoms with Crippen LogP contribution in [0, 0.1) is 5.41 Å². The van der Waals surface area contributed by atoms with Gasteiger partial charge in [-0.05, 0) is 25.4 Å². The Morgan fingerprint density at radius 2 is 2.05 bits per heavy atom. The van der Waals surface area contributed by atoms with Crippen LogP contribution in [-0.4, -0.2) is 42.0 Å². The van der Waals surface area contributed by atoms with E-state index < -0.39 is 0 Å². The van der Waals surface area contributed by atoms with Crippen LogP contribution in [0.4, 0.5) is 5.13 Å². The van der Waals surface area contributed by atoms with Gasteiger partial charge in [0.25, 0.3) is 0 Å². The molecule has 0 fully saturated rings. The van der Waals surface area contributed by atoms with Crippen molar-refractivity contribution in [2.24, 2.45) is 11.1 Å². The van der Waals surface area contributed by atoms with Gasteiger partial charge in [0.05, 0.1) is 5.69 Å². The van der Waals surface area contributed by atoms with E-state index in [0.29, 0.717) is 13.1 Å². The fraction of sp³-hybridized carbons (Fsp3) is 0.733. The first-order valence-electron chi connectivity index (χ1n) is 7.48. The summed E-state index contributed by atoms with van der Waals surface area (Å²) in [4.78, 5) is 20.2. The van der Waals surface area contributed by atoms with Gasteiger partial charge in [-0.25, -0.2) is 4.98 Å². The molecule has 0 aromatic carbocycles. The average molecular weight is 312 g/mol. The molecule has 6 heteroatoms. The van der Waals surface area contributed by atoms with Gasteiger partial charge >= 0.3 is 0 Å². The number of hydrogen-bond donors (Lipinski definition) is 1. The number of rotatable bonds is 8. The van der Waals surface area contributed by atoms with Crippen molar-refractivity contribution in [1.29, 1.82) is 0 Å². The van der Waals surface area contributed by atoms with E-state index in [2.05, 4.69) is 30.7 Å². The van der Waals surface area contributed by atoms with Gasteiger partial charge in [-0.15, -0.1) is 11.3 Å². The van der Waals surface area contributed by atoms with Gasteiger partial charge < -0.3 is 5.73 Å². The summed E-state index contributed by atoms with van der Waals surface area (Å²) in [7, 11) is 0. The summed E-state index contributed by atoms with van der Waals surface area (Å²) >= 11 is 1.53. The molecule has 1 rings (SSSR count). The van der Waals surface area contributed by atoms with Gasteiger partial charge in [-0.1, -0.05) is 20.8 Å². The second-order valence-corrected chi connectivity index (χ2v) is 6.89. The number of thiazole rings is 1. The lowest BCUT2D eigenvalue weighted by atomic mass is 9.93. The molecule has 0 aliphatic rings. The molecule has 0 unspecified atom stereocenters. The molecule has 21 heavy (non-hydrogen) atoms. The highest BCUT2D eigenvalue weighted by Crippen LogP contribution is 2.22. The molecule has 0 radical (unpaired) electrons. The summed E-state index contributed by atoms with van der Waals surface area (Å²) in [5.41, 5.74) is 6.93. The van der Waals surface area contributed by atoms with Gasteiger partial charge in [-0.2, -0.15) is 0 Å². The standard InChI is InChI=1S/C15H28N4OS/c1-6-18(11-15(4,5)10-16)8-13-9-21-14(17-13)19(7-2)12(3)20/h9H,6-8,10-11,16H2,1-5H3. The summed E-state index contributed by atoms with van der Waals surface area (Å²) in [6.07, 6.45) is 0. The first-order valence-corrected chi connectivity index (χ1v) is 8.35. The topological polar surface area (TPSA) is 62.5 Å². The van der Waals surface area contributed by atoms with Crippen LogP contribution in [0.15, 0.2) is 5.38 Å². The first-order chi connectivity index (χ1) is 9.82. The van der Waals surface area contributed by atoms with Crippen molar-refractivity contribution >= 4 is 22.4 Å². The molecule has 2 N–H and O–H groups in total. The third-order valence-corrected chi connectivity index (χ3v) is 4.42. The summed E-state index contributed by atoms with van der Waals surface area (Å²) < 4.78 is 0. The predicted octanol–water partition coefficient (Wildman–Crippen LogP) is 2.32. The highest BCUT2D eigenvalue weighted by molar-refractivity contribution is 7.14. The minimum Gasteiger partial charge on any atom is -0.330 e. The number of hydrogen-bond acceptors (Lipinski definition) is 5. The van der Waals surface area contributed by atoms with Crippen molar-refractivity contribution in [3.63, 3.8) is 0 Å². The second-order valence-electron chi connectivity index (χ2n) is 6.06. The van der Waals surface area contributed by atoms with Crippen LogP contribution >= 0.6 is 11.3 Å².